The average molecular weight is 328 g/mol. The molecule has 1 amide bonds. The third kappa shape index (κ3) is 3.22. The smallest absolute Gasteiger partial charge is 0.274 e. The number of carbonyl (C=O) groups excluding carboxylic acids is 1. The lowest BCUT2D eigenvalue weighted by molar-refractivity contribution is 0.102. The quantitative estimate of drug-likeness (QED) is 0.802. The lowest BCUT2D eigenvalue weighted by atomic mass is 10.2. The van der Waals surface area contributed by atoms with Gasteiger partial charge in [-0.1, -0.05) is 23.7 Å². The summed E-state index contributed by atoms with van der Waals surface area (Å²) in [7, 11) is 1.89. The average Bonchev–Trinajstić information content (AvgIpc) is 2.87. The minimum atomic E-state index is -0.321. The van der Waals surface area contributed by atoms with Crippen molar-refractivity contribution < 1.29 is 4.79 Å². The molecule has 6 nitrogen and oxygen atoms in total. The van der Waals surface area contributed by atoms with Gasteiger partial charge in [0.1, 0.15) is 11.5 Å². The number of aryl methyl sites for hydroxylation is 1. The molecule has 0 atom stereocenters. The van der Waals surface area contributed by atoms with Crippen molar-refractivity contribution in [2.75, 3.05) is 5.32 Å². The molecule has 0 bridgehead atoms. The molecular weight excluding hydrogens is 314 g/mol. The molecule has 2 heterocycles. The second-order valence-corrected chi connectivity index (χ2v) is 5.46. The number of hydrogen-bond donors (Lipinski definition) is 1. The van der Waals surface area contributed by atoms with E-state index in [2.05, 4.69) is 20.5 Å². The Bertz CT molecular complexity index is 874. The van der Waals surface area contributed by atoms with Crippen molar-refractivity contribution in [2.45, 2.75) is 6.92 Å². The standard InChI is InChI=1S/C16H14ClN5O/c1-10-20-21-15(22(10)2)11-4-3-5-13(8-11)19-16(23)14-9-12(17)6-7-18-14/h3-9H,1-2H3,(H,19,23). The molecule has 0 aliphatic heterocycles. The van der Waals surface area contributed by atoms with Crippen molar-refractivity contribution in [1.29, 1.82) is 0 Å². The fourth-order valence-electron chi connectivity index (χ4n) is 2.12. The summed E-state index contributed by atoms with van der Waals surface area (Å²) in [6.45, 7) is 1.88. The van der Waals surface area contributed by atoms with Crippen LogP contribution in [0, 0.1) is 6.92 Å². The zero-order chi connectivity index (χ0) is 16.4. The molecule has 0 aliphatic carbocycles. The molecule has 1 N–H and O–H groups in total. The van der Waals surface area contributed by atoms with Gasteiger partial charge < -0.3 is 9.88 Å². The second kappa shape index (κ2) is 6.18. The minimum Gasteiger partial charge on any atom is -0.321 e. The number of halogens is 1. The Morgan fingerprint density at radius 2 is 2.04 bits per heavy atom. The van der Waals surface area contributed by atoms with E-state index in [9.17, 15) is 4.79 Å². The third-order valence-corrected chi connectivity index (χ3v) is 3.66. The number of benzene rings is 1. The van der Waals surface area contributed by atoms with E-state index >= 15 is 0 Å². The fraction of sp³-hybridized carbons (Fsp3) is 0.125. The molecule has 0 saturated carbocycles. The highest BCUT2D eigenvalue weighted by molar-refractivity contribution is 6.30. The molecule has 0 spiro atoms. The van der Waals surface area contributed by atoms with Crippen LogP contribution in [0.5, 0.6) is 0 Å². The predicted molar refractivity (Wildman–Crippen MR) is 88.4 cm³/mol. The van der Waals surface area contributed by atoms with Gasteiger partial charge in [0.05, 0.1) is 0 Å². The summed E-state index contributed by atoms with van der Waals surface area (Å²) in [5, 5.41) is 11.5. The van der Waals surface area contributed by atoms with Crippen molar-refractivity contribution in [3.05, 3.63) is 59.1 Å². The van der Waals surface area contributed by atoms with Crippen LogP contribution in [0.15, 0.2) is 42.6 Å². The number of amides is 1. The number of carbonyl (C=O) groups is 1. The fourth-order valence-corrected chi connectivity index (χ4v) is 2.28. The van der Waals surface area contributed by atoms with E-state index in [1.54, 1.807) is 12.1 Å². The Morgan fingerprint density at radius 3 is 2.74 bits per heavy atom. The van der Waals surface area contributed by atoms with E-state index in [1.165, 1.54) is 12.3 Å². The van der Waals surface area contributed by atoms with Crippen LogP contribution in [-0.2, 0) is 7.05 Å². The largest absolute Gasteiger partial charge is 0.321 e. The molecule has 3 aromatic rings. The molecule has 116 valence electrons. The molecule has 0 aliphatic rings. The van der Waals surface area contributed by atoms with Gasteiger partial charge in [-0.3, -0.25) is 9.78 Å². The Hall–Kier alpha value is -2.73. The second-order valence-electron chi connectivity index (χ2n) is 5.02. The molecule has 1 aromatic carbocycles. The van der Waals surface area contributed by atoms with Gasteiger partial charge in [0.2, 0.25) is 0 Å². The first-order chi connectivity index (χ1) is 11.0. The van der Waals surface area contributed by atoms with Crippen LogP contribution in [0.3, 0.4) is 0 Å². The van der Waals surface area contributed by atoms with Crippen molar-refractivity contribution in [2.24, 2.45) is 7.05 Å². The Balaban J connectivity index is 1.86. The summed E-state index contributed by atoms with van der Waals surface area (Å²) in [6.07, 6.45) is 1.50. The number of nitrogens with one attached hydrogen (secondary N) is 1. The van der Waals surface area contributed by atoms with E-state index in [4.69, 9.17) is 11.6 Å². The first-order valence-corrected chi connectivity index (χ1v) is 7.32. The van der Waals surface area contributed by atoms with E-state index in [1.807, 2.05) is 36.7 Å². The zero-order valence-corrected chi connectivity index (χ0v) is 13.4. The highest BCUT2D eigenvalue weighted by Gasteiger charge is 2.11. The van der Waals surface area contributed by atoms with Crippen LogP contribution in [0.4, 0.5) is 5.69 Å². The lowest BCUT2D eigenvalue weighted by Gasteiger charge is -2.07. The molecular formula is C16H14ClN5O. The van der Waals surface area contributed by atoms with Gasteiger partial charge in [-0.25, -0.2) is 0 Å². The highest BCUT2D eigenvalue weighted by Crippen LogP contribution is 2.21. The normalized spacial score (nSPS) is 10.6. The molecule has 0 unspecified atom stereocenters. The van der Waals surface area contributed by atoms with Crippen molar-refractivity contribution >= 4 is 23.2 Å². The van der Waals surface area contributed by atoms with E-state index in [0.717, 1.165) is 17.2 Å². The molecule has 7 heteroatoms. The van der Waals surface area contributed by atoms with E-state index in [0.29, 0.717) is 10.7 Å². The topological polar surface area (TPSA) is 72.7 Å². The SMILES string of the molecule is Cc1nnc(-c2cccc(NC(=O)c3cc(Cl)ccn3)c2)n1C. The minimum absolute atomic E-state index is 0.261. The van der Waals surface area contributed by atoms with Gasteiger partial charge in [0.25, 0.3) is 5.91 Å². The van der Waals surface area contributed by atoms with Crippen LogP contribution in [-0.4, -0.2) is 25.7 Å². The number of pyridine rings is 1. The summed E-state index contributed by atoms with van der Waals surface area (Å²) in [6, 6.07) is 10.5. The zero-order valence-electron chi connectivity index (χ0n) is 12.6. The Morgan fingerprint density at radius 1 is 1.22 bits per heavy atom. The summed E-state index contributed by atoms with van der Waals surface area (Å²) < 4.78 is 1.89. The molecule has 3 rings (SSSR count). The summed E-state index contributed by atoms with van der Waals surface area (Å²) >= 11 is 5.88. The lowest BCUT2D eigenvalue weighted by Crippen LogP contribution is -2.13. The number of rotatable bonds is 3. The molecule has 23 heavy (non-hydrogen) atoms. The van der Waals surface area contributed by atoms with E-state index < -0.39 is 0 Å². The summed E-state index contributed by atoms with van der Waals surface area (Å²) in [4.78, 5) is 16.2. The maximum absolute atomic E-state index is 12.2. The molecule has 2 aromatic heterocycles. The van der Waals surface area contributed by atoms with Crippen molar-refractivity contribution in [3.8, 4) is 11.4 Å². The third-order valence-electron chi connectivity index (χ3n) is 3.43. The molecule has 0 saturated heterocycles. The predicted octanol–water partition coefficient (Wildman–Crippen LogP) is 3.09. The van der Waals surface area contributed by atoms with Gasteiger partial charge >= 0.3 is 0 Å². The van der Waals surface area contributed by atoms with Gasteiger partial charge in [-0.2, -0.15) is 0 Å². The van der Waals surface area contributed by atoms with Gasteiger partial charge in [0.15, 0.2) is 5.82 Å². The van der Waals surface area contributed by atoms with Crippen molar-refractivity contribution in [1.82, 2.24) is 19.7 Å². The van der Waals surface area contributed by atoms with Crippen LogP contribution in [0.2, 0.25) is 5.02 Å². The first-order valence-electron chi connectivity index (χ1n) is 6.94. The van der Waals surface area contributed by atoms with Crippen LogP contribution in [0.25, 0.3) is 11.4 Å². The van der Waals surface area contributed by atoms with Crippen LogP contribution < -0.4 is 5.32 Å². The number of aromatic nitrogens is 4. The summed E-state index contributed by atoms with van der Waals surface area (Å²) in [5.74, 6) is 1.23. The number of hydrogen-bond acceptors (Lipinski definition) is 4. The maximum atomic E-state index is 12.2. The van der Waals surface area contributed by atoms with Crippen LogP contribution in [0.1, 0.15) is 16.3 Å². The Labute approximate surface area is 138 Å². The van der Waals surface area contributed by atoms with Crippen molar-refractivity contribution in [3.63, 3.8) is 0 Å². The van der Waals surface area contributed by atoms with Gasteiger partial charge in [-0.15, -0.1) is 10.2 Å². The van der Waals surface area contributed by atoms with E-state index in [-0.39, 0.29) is 11.6 Å². The highest BCUT2D eigenvalue weighted by atomic mass is 35.5. The summed E-state index contributed by atoms with van der Waals surface area (Å²) in [5.41, 5.74) is 1.78. The van der Waals surface area contributed by atoms with Gasteiger partial charge in [0, 0.05) is 29.5 Å². The number of anilines is 1. The first kappa shape index (κ1) is 15.2. The van der Waals surface area contributed by atoms with Crippen LogP contribution >= 0.6 is 11.6 Å². The maximum Gasteiger partial charge on any atom is 0.274 e. The monoisotopic (exact) mass is 327 g/mol. The Kier molecular flexibility index (Phi) is 4.08. The molecule has 0 radical (unpaired) electrons. The van der Waals surface area contributed by atoms with Gasteiger partial charge in [-0.05, 0) is 31.2 Å². The molecule has 0 fully saturated rings. The number of nitrogens with zero attached hydrogens (tertiary/aromatic N) is 4.